The second-order valence-corrected chi connectivity index (χ2v) is 4.87. The molecule has 0 aliphatic rings. The molecule has 0 spiro atoms. The molecule has 128 valence electrons. The first-order valence-electron chi connectivity index (χ1n) is 6.71. The quantitative estimate of drug-likeness (QED) is 0.673. The van der Waals surface area contributed by atoms with E-state index in [0.29, 0.717) is 0 Å². The number of hydrogen-bond acceptors (Lipinski definition) is 5. The van der Waals surface area contributed by atoms with E-state index in [1.165, 1.54) is 12.1 Å². The van der Waals surface area contributed by atoms with Crippen LogP contribution in [0.25, 0.3) is 0 Å². The first-order valence-corrected chi connectivity index (χ1v) is 6.71. The summed E-state index contributed by atoms with van der Waals surface area (Å²) in [6.07, 6.45) is -4.02. The van der Waals surface area contributed by atoms with Crippen LogP contribution in [-0.2, 0) is 17.4 Å². The lowest BCUT2D eigenvalue weighted by molar-refractivity contribution is -0.384. The summed E-state index contributed by atoms with van der Waals surface area (Å²) in [5.74, 6) is -0.797. The number of nitro groups is 1. The lowest BCUT2D eigenvalue weighted by Gasteiger charge is -2.11. The topological polar surface area (TPSA) is 109 Å². The second kappa shape index (κ2) is 6.96. The number of aromatic nitrogens is 1. The number of anilines is 1. The number of carbonyl (C=O) groups excluding carboxylic acids is 1. The summed E-state index contributed by atoms with van der Waals surface area (Å²) >= 11 is 0. The van der Waals surface area contributed by atoms with E-state index in [-0.39, 0.29) is 17.1 Å². The molecule has 1 aromatic carbocycles. The maximum Gasteiger partial charge on any atom is 0.417 e. The highest BCUT2D eigenvalue weighted by molar-refractivity contribution is 5.91. The highest BCUT2D eigenvalue weighted by atomic mass is 19.4. The third-order valence-electron chi connectivity index (χ3n) is 3.10. The average molecular weight is 350 g/mol. The van der Waals surface area contributed by atoms with Gasteiger partial charge in [-0.25, -0.2) is 4.98 Å². The van der Waals surface area contributed by atoms with Gasteiger partial charge in [0.2, 0.25) is 5.91 Å². The zero-order chi connectivity index (χ0) is 18.6. The molecule has 7 nitrogen and oxygen atoms in total. The van der Waals surface area contributed by atoms with Crippen LogP contribution in [0.3, 0.4) is 0 Å². The number of rotatable bonds is 4. The van der Waals surface area contributed by atoms with Crippen LogP contribution in [0.2, 0.25) is 0 Å². The van der Waals surface area contributed by atoms with E-state index < -0.39 is 34.6 Å². The largest absolute Gasteiger partial charge is 0.417 e. The van der Waals surface area contributed by atoms with Gasteiger partial charge in [-0.3, -0.25) is 14.9 Å². The standard InChI is InChI=1S/C15H9F3N4O3/c16-15(17,18)12-5-9(1-2-10(12)8-19)6-14(23)21-13-7-11(22(24)25)3-4-20-13/h1-5,7H,6H2,(H,20,21,23). The smallest absolute Gasteiger partial charge is 0.310 e. The molecule has 1 aromatic heterocycles. The Labute approximate surface area is 138 Å². The lowest BCUT2D eigenvalue weighted by Crippen LogP contribution is -2.16. The third-order valence-corrected chi connectivity index (χ3v) is 3.10. The van der Waals surface area contributed by atoms with Crippen LogP contribution >= 0.6 is 0 Å². The Balaban J connectivity index is 2.17. The fraction of sp³-hybridized carbons (Fsp3) is 0.133. The van der Waals surface area contributed by atoms with Crippen molar-refractivity contribution >= 4 is 17.4 Å². The van der Waals surface area contributed by atoms with Gasteiger partial charge in [0.1, 0.15) is 5.82 Å². The van der Waals surface area contributed by atoms with Crippen LogP contribution in [0.5, 0.6) is 0 Å². The van der Waals surface area contributed by atoms with Crippen LogP contribution in [0, 0.1) is 21.4 Å². The Hall–Kier alpha value is -3.48. The lowest BCUT2D eigenvalue weighted by atomic mass is 10.0. The van der Waals surface area contributed by atoms with Crippen LogP contribution in [0.15, 0.2) is 36.5 Å². The number of hydrogen-bond donors (Lipinski definition) is 1. The Morgan fingerprint density at radius 3 is 2.64 bits per heavy atom. The van der Waals surface area contributed by atoms with E-state index in [1.807, 2.05) is 0 Å². The SMILES string of the molecule is N#Cc1ccc(CC(=O)Nc2cc([N+](=O)[O-])ccn2)cc1C(F)(F)F. The summed E-state index contributed by atoms with van der Waals surface area (Å²) in [7, 11) is 0. The van der Waals surface area contributed by atoms with E-state index in [2.05, 4.69) is 10.3 Å². The zero-order valence-corrected chi connectivity index (χ0v) is 12.4. The van der Waals surface area contributed by atoms with Gasteiger partial charge in [0.05, 0.1) is 34.6 Å². The van der Waals surface area contributed by atoms with E-state index in [1.54, 1.807) is 0 Å². The van der Waals surface area contributed by atoms with Crippen LogP contribution in [0.4, 0.5) is 24.7 Å². The van der Waals surface area contributed by atoms with Gasteiger partial charge in [0, 0.05) is 12.3 Å². The molecule has 0 unspecified atom stereocenters. The number of benzene rings is 1. The minimum absolute atomic E-state index is 0.0363. The van der Waals surface area contributed by atoms with Gasteiger partial charge in [-0.2, -0.15) is 18.4 Å². The van der Waals surface area contributed by atoms with Crippen molar-refractivity contribution in [2.75, 3.05) is 5.32 Å². The summed E-state index contributed by atoms with van der Waals surface area (Å²) in [5, 5.41) is 21.7. The van der Waals surface area contributed by atoms with Gasteiger partial charge < -0.3 is 5.32 Å². The van der Waals surface area contributed by atoms with Crippen molar-refractivity contribution in [2.24, 2.45) is 0 Å². The molecule has 1 heterocycles. The predicted molar refractivity (Wildman–Crippen MR) is 79.4 cm³/mol. The molecule has 1 N–H and O–H groups in total. The number of carbonyl (C=O) groups is 1. The van der Waals surface area contributed by atoms with Crippen molar-refractivity contribution in [2.45, 2.75) is 12.6 Å². The molecule has 0 radical (unpaired) electrons. The van der Waals surface area contributed by atoms with Crippen LogP contribution < -0.4 is 5.32 Å². The molecule has 0 aliphatic heterocycles. The zero-order valence-electron chi connectivity index (χ0n) is 12.4. The van der Waals surface area contributed by atoms with Crippen molar-refractivity contribution in [1.29, 1.82) is 5.26 Å². The normalized spacial score (nSPS) is 10.8. The van der Waals surface area contributed by atoms with Crippen LogP contribution in [0.1, 0.15) is 16.7 Å². The first kappa shape index (κ1) is 17.9. The maximum absolute atomic E-state index is 12.9. The minimum Gasteiger partial charge on any atom is -0.310 e. The average Bonchev–Trinajstić information content (AvgIpc) is 2.54. The van der Waals surface area contributed by atoms with Gasteiger partial charge in [-0.15, -0.1) is 0 Å². The summed E-state index contributed by atoms with van der Waals surface area (Å²) < 4.78 is 38.7. The molecule has 0 aliphatic carbocycles. The molecule has 1 amide bonds. The van der Waals surface area contributed by atoms with Gasteiger partial charge >= 0.3 is 6.18 Å². The highest BCUT2D eigenvalue weighted by Crippen LogP contribution is 2.32. The maximum atomic E-state index is 12.9. The fourth-order valence-electron chi connectivity index (χ4n) is 2.01. The molecule has 2 rings (SSSR count). The predicted octanol–water partition coefficient (Wildman–Crippen LogP) is 3.06. The molecule has 10 heteroatoms. The summed E-state index contributed by atoms with van der Waals surface area (Å²) in [6.45, 7) is 0. The molecule has 0 bridgehead atoms. The van der Waals surface area contributed by atoms with E-state index in [0.717, 1.165) is 30.5 Å². The van der Waals surface area contributed by atoms with Gasteiger partial charge in [0.25, 0.3) is 5.69 Å². The molecule has 25 heavy (non-hydrogen) atoms. The number of pyridine rings is 1. The summed E-state index contributed by atoms with van der Waals surface area (Å²) in [6, 6.07) is 6.54. The Kier molecular flexibility index (Phi) is 4.97. The van der Waals surface area contributed by atoms with Crippen molar-refractivity contribution in [3.8, 4) is 6.07 Å². The van der Waals surface area contributed by atoms with E-state index in [4.69, 9.17) is 5.26 Å². The number of nitriles is 1. The molecule has 0 saturated heterocycles. The summed E-state index contributed by atoms with van der Waals surface area (Å²) in [5.41, 5.74) is -1.93. The van der Waals surface area contributed by atoms with Crippen LogP contribution in [-0.4, -0.2) is 15.8 Å². The first-order chi connectivity index (χ1) is 11.7. The Bertz CT molecular complexity index is 875. The van der Waals surface area contributed by atoms with Crippen molar-refractivity contribution in [3.63, 3.8) is 0 Å². The number of alkyl halides is 3. The minimum atomic E-state index is -4.72. The van der Waals surface area contributed by atoms with Gasteiger partial charge in [-0.1, -0.05) is 6.07 Å². The molecular weight excluding hydrogens is 341 g/mol. The molecular formula is C15H9F3N4O3. The monoisotopic (exact) mass is 350 g/mol. The Morgan fingerprint density at radius 1 is 1.32 bits per heavy atom. The number of nitrogens with zero attached hydrogens (tertiary/aromatic N) is 3. The molecule has 0 atom stereocenters. The van der Waals surface area contributed by atoms with E-state index >= 15 is 0 Å². The number of amides is 1. The molecule has 2 aromatic rings. The van der Waals surface area contributed by atoms with Crippen molar-refractivity contribution in [1.82, 2.24) is 4.98 Å². The van der Waals surface area contributed by atoms with Crippen molar-refractivity contribution < 1.29 is 22.9 Å². The third kappa shape index (κ3) is 4.51. The Morgan fingerprint density at radius 2 is 2.04 bits per heavy atom. The molecule has 0 fully saturated rings. The van der Waals surface area contributed by atoms with Gasteiger partial charge in [0.15, 0.2) is 0 Å². The number of halogens is 3. The highest BCUT2D eigenvalue weighted by Gasteiger charge is 2.33. The fourth-order valence-corrected chi connectivity index (χ4v) is 2.01. The molecule has 0 saturated carbocycles. The second-order valence-electron chi connectivity index (χ2n) is 4.87. The number of nitrogens with one attached hydrogen (secondary N) is 1. The van der Waals surface area contributed by atoms with Gasteiger partial charge in [-0.05, 0) is 17.7 Å². The van der Waals surface area contributed by atoms with E-state index in [9.17, 15) is 28.1 Å². The van der Waals surface area contributed by atoms with Crippen molar-refractivity contribution in [3.05, 3.63) is 63.3 Å². The summed E-state index contributed by atoms with van der Waals surface area (Å²) in [4.78, 5) is 25.6.